The molecule has 4 aliphatic heterocycles. The number of para-hydroxylation sites is 2. The van der Waals surface area contributed by atoms with Crippen LogP contribution >= 0.6 is 0 Å². The minimum atomic E-state index is -0.649. The Morgan fingerprint density at radius 3 is 2.49 bits per heavy atom. The summed E-state index contributed by atoms with van der Waals surface area (Å²) in [5, 5.41) is 0. The molecule has 0 aliphatic carbocycles. The van der Waals surface area contributed by atoms with Crippen molar-refractivity contribution in [2.24, 2.45) is 0 Å². The summed E-state index contributed by atoms with van der Waals surface area (Å²) in [6, 6.07) is 10.9. The number of carbonyl (C=O) groups is 3. The number of methoxy groups -OCH3 is 1. The second-order valence-corrected chi connectivity index (χ2v) is 10.3. The zero-order valence-electron chi connectivity index (χ0n) is 21.2. The van der Waals surface area contributed by atoms with E-state index >= 15 is 0 Å². The second-order valence-electron chi connectivity index (χ2n) is 10.3. The molecule has 6 rings (SSSR count). The molecule has 2 aromatic rings. The highest BCUT2D eigenvalue weighted by Gasteiger charge is 2.47. The van der Waals surface area contributed by atoms with Gasteiger partial charge in [-0.1, -0.05) is 18.2 Å². The first-order valence-electron chi connectivity index (χ1n) is 12.5. The van der Waals surface area contributed by atoms with Crippen molar-refractivity contribution in [3.8, 4) is 17.2 Å². The van der Waals surface area contributed by atoms with Gasteiger partial charge in [-0.25, -0.2) is 0 Å². The lowest BCUT2D eigenvalue weighted by atomic mass is 9.87. The van der Waals surface area contributed by atoms with Crippen LogP contribution < -0.4 is 19.1 Å². The van der Waals surface area contributed by atoms with Crippen LogP contribution in [0.2, 0.25) is 0 Å². The first kappa shape index (κ1) is 23.5. The van der Waals surface area contributed by atoms with Gasteiger partial charge in [0.25, 0.3) is 17.6 Å². The summed E-state index contributed by atoms with van der Waals surface area (Å²) in [4.78, 5) is 44.4. The summed E-state index contributed by atoms with van der Waals surface area (Å²) < 4.78 is 17.1. The summed E-state index contributed by atoms with van der Waals surface area (Å²) in [7, 11) is 1.56. The Kier molecular flexibility index (Phi) is 5.49. The van der Waals surface area contributed by atoms with Crippen molar-refractivity contribution < 1.29 is 28.6 Å². The first-order valence-corrected chi connectivity index (χ1v) is 12.5. The topological polar surface area (TPSA) is 88.6 Å². The third kappa shape index (κ3) is 3.85. The van der Waals surface area contributed by atoms with Gasteiger partial charge in [0.15, 0.2) is 11.5 Å². The molecule has 0 N–H and O–H groups in total. The number of hydrogen-bond donors (Lipinski definition) is 0. The van der Waals surface area contributed by atoms with Crippen molar-refractivity contribution >= 4 is 28.9 Å². The molecule has 192 valence electrons. The third-order valence-corrected chi connectivity index (χ3v) is 7.50. The number of benzene rings is 2. The Morgan fingerprint density at radius 1 is 1.05 bits per heavy atom. The van der Waals surface area contributed by atoms with Crippen LogP contribution in [-0.4, -0.2) is 85.5 Å². The number of hydrogen-bond acceptors (Lipinski definition) is 7. The Labute approximate surface area is 215 Å². The van der Waals surface area contributed by atoms with Crippen LogP contribution in [0.3, 0.4) is 0 Å². The summed E-state index contributed by atoms with van der Waals surface area (Å²) in [5.74, 6) is 0.731. The maximum atomic E-state index is 13.1. The third-order valence-electron chi connectivity index (χ3n) is 7.50. The van der Waals surface area contributed by atoms with Crippen LogP contribution in [0.15, 0.2) is 42.5 Å². The number of fused-ring (bicyclic) bond motifs is 1. The molecule has 0 aromatic heterocycles. The van der Waals surface area contributed by atoms with E-state index in [-0.39, 0.29) is 12.5 Å². The van der Waals surface area contributed by atoms with Gasteiger partial charge < -0.3 is 19.1 Å². The van der Waals surface area contributed by atoms with E-state index in [2.05, 4.69) is 11.0 Å². The van der Waals surface area contributed by atoms with Gasteiger partial charge in [-0.15, -0.1) is 0 Å². The summed E-state index contributed by atoms with van der Waals surface area (Å²) in [6.07, 6.45) is 1.42. The number of Topliss-reactive ketones (excluding diaryl/α,β-unsaturated/α-hetero) is 1. The van der Waals surface area contributed by atoms with Crippen molar-refractivity contribution in [2.75, 3.05) is 51.3 Å². The number of ether oxygens (including phenoxy) is 3. The Bertz CT molecular complexity index is 1340. The zero-order valence-corrected chi connectivity index (χ0v) is 21.2. The average Bonchev–Trinajstić information content (AvgIpc) is 3.17. The minimum absolute atomic E-state index is 0.0644. The van der Waals surface area contributed by atoms with Crippen molar-refractivity contribution in [1.82, 2.24) is 9.80 Å². The van der Waals surface area contributed by atoms with Gasteiger partial charge in [-0.2, -0.15) is 0 Å². The summed E-state index contributed by atoms with van der Waals surface area (Å²) in [5.41, 5.74) is 2.31. The Morgan fingerprint density at radius 2 is 1.76 bits per heavy atom. The van der Waals surface area contributed by atoms with Crippen LogP contribution in [-0.2, 0) is 9.59 Å². The molecule has 0 saturated carbocycles. The molecule has 9 nitrogen and oxygen atoms in total. The van der Waals surface area contributed by atoms with Gasteiger partial charge in [-0.05, 0) is 43.7 Å². The molecule has 4 aliphatic rings. The van der Waals surface area contributed by atoms with Crippen molar-refractivity contribution in [3.63, 3.8) is 0 Å². The SMILES string of the molecule is COc1cc2c3c(c1)C(CN1CCN(C(=O)C4COc5ccccc5O4)CC1)=CC(C)(C)N3C(=O)C2=O. The fourth-order valence-corrected chi connectivity index (χ4v) is 5.66. The van der Waals surface area contributed by atoms with Crippen molar-refractivity contribution in [3.05, 3.63) is 53.6 Å². The predicted molar refractivity (Wildman–Crippen MR) is 136 cm³/mol. The van der Waals surface area contributed by atoms with Crippen LogP contribution in [0.25, 0.3) is 5.57 Å². The number of piperazine rings is 1. The van der Waals surface area contributed by atoms with Crippen LogP contribution in [0, 0.1) is 0 Å². The van der Waals surface area contributed by atoms with Gasteiger partial charge in [0, 0.05) is 38.3 Å². The van der Waals surface area contributed by atoms with Gasteiger partial charge >= 0.3 is 0 Å². The standard InChI is InChI=1S/C28H29N3O6/c1-28(2)14-17(19-12-18(35-3)13-20-24(19)31(28)27(34)25(20)32)15-29-8-10-30(11-9-29)26(33)23-16-36-21-6-4-5-7-22(21)37-23/h4-7,12-14,23H,8-11,15-16H2,1-3H3. The molecule has 37 heavy (non-hydrogen) atoms. The smallest absolute Gasteiger partial charge is 0.300 e. The van der Waals surface area contributed by atoms with E-state index in [1.165, 1.54) is 0 Å². The van der Waals surface area contributed by atoms with Gasteiger partial charge in [0.05, 0.1) is 23.9 Å². The maximum Gasteiger partial charge on any atom is 0.300 e. The normalized spacial score (nSPS) is 22.0. The van der Waals surface area contributed by atoms with Gasteiger partial charge in [0.2, 0.25) is 6.10 Å². The predicted octanol–water partition coefficient (Wildman–Crippen LogP) is 2.38. The molecule has 9 heteroatoms. The number of nitrogens with zero attached hydrogens (tertiary/aromatic N) is 3. The molecule has 0 spiro atoms. The van der Waals surface area contributed by atoms with E-state index in [4.69, 9.17) is 14.2 Å². The van der Waals surface area contributed by atoms with E-state index in [9.17, 15) is 14.4 Å². The number of anilines is 1. The highest BCUT2D eigenvalue weighted by molar-refractivity contribution is 6.53. The second kappa shape index (κ2) is 8.62. The molecule has 4 heterocycles. The molecular weight excluding hydrogens is 474 g/mol. The van der Waals surface area contributed by atoms with Crippen LogP contribution in [0.5, 0.6) is 17.2 Å². The molecule has 1 fully saturated rings. The molecule has 1 atom stereocenters. The summed E-state index contributed by atoms with van der Waals surface area (Å²) >= 11 is 0. The van der Waals surface area contributed by atoms with Gasteiger partial charge in [-0.3, -0.25) is 24.2 Å². The lowest BCUT2D eigenvalue weighted by molar-refractivity contribution is -0.142. The molecule has 2 aromatic carbocycles. The lowest BCUT2D eigenvalue weighted by Gasteiger charge is -2.41. The van der Waals surface area contributed by atoms with Gasteiger partial charge in [0.1, 0.15) is 12.4 Å². The first-order chi connectivity index (χ1) is 17.8. The van der Waals surface area contributed by atoms with Crippen molar-refractivity contribution in [1.29, 1.82) is 0 Å². The molecule has 0 bridgehead atoms. The Hall–Kier alpha value is -3.85. The van der Waals surface area contributed by atoms with E-state index in [1.807, 2.05) is 49.1 Å². The van der Waals surface area contributed by atoms with E-state index < -0.39 is 23.3 Å². The zero-order chi connectivity index (χ0) is 25.9. The fraction of sp³-hybridized carbons (Fsp3) is 0.393. The molecule has 2 amide bonds. The number of carbonyl (C=O) groups excluding carboxylic acids is 3. The monoisotopic (exact) mass is 503 g/mol. The quantitative estimate of drug-likeness (QED) is 0.592. The van der Waals surface area contributed by atoms with E-state index in [0.29, 0.717) is 61.2 Å². The van der Waals surface area contributed by atoms with E-state index in [1.54, 1.807) is 18.1 Å². The molecule has 0 radical (unpaired) electrons. The fourth-order valence-electron chi connectivity index (χ4n) is 5.66. The van der Waals surface area contributed by atoms with Crippen molar-refractivity contribution in [2.45, 2.75) is 25.5 Å². The lowest BCUT2D eigenvalue weighted by Crippen LogP contribution is -2.54. The highest BCUT2D eigenvalue weighted by atomic mass is 16.6. The molecule has 1 saturated heterocycles. The average molecular weight is 504 g/mol. The van der Waals surface area contributed by atoms with E-state index in [0.717, 1.165) is 11.1 Å². The minimum Gasteiger partial charge on any atom is -0.497 e. The number of ketones is 1. The molecule has 1 unspecified atom stereocenters. The number of rotatable bonds is 4. The maximum absolute atomic E-state index is 13.1. The molecular formula is C28H29N3O6. The number of amides is 2. The summed E-state index contributed by atoms with van der Waals surface area (Å²) in [6.45, 7) is 7.28. The van der Waals surface area contributed by atoms with Crippen LogP contribution in [0.1, 0.15) is 29.8 Å². The Balaban J connectivity index is 1.17. The van der Waals surface area contributed by atoms with Crippen LogP contribution in [0.4, 0.5) is 5.69 Å². The largest absolute Gasteiger partial charge is 0.497 e. The highest BCUT2D eigenvalue weighted by Crippen LogP contribution is 2.47.